The van der Waals surface area contributed by atoms with Crippen molar-refractivity contribution in [3.8, 4) is 17.2 Å². The maximum absolute atomic E-state index is 15.1. The van der Waals surface area contributed by atoms with Crippen molar-refractivity contribution in [2.24, 2.45) is 5.41 Å². The lowest BCUT2D eigenvalue weighted by molar-refractivity contribution is -0.126. The van der Waals surface area contributed by atoms with Gasteiger partial charge in [-0.05, 0) is 111 Å². The monoisotopic (exact) mass is 810 g/mol. The first-order valence-corrected chi connectivity index (χ1v) is 22.5. The molecule has 0 radical (unpaired) electrons. The Balaban J connectivity index is 1.75. The van der Waals surface area contributed by atoms with Crippen LogP contribution in [-0.4, -0.2) is 28.7 Å². The Morgan fingerprint density at radius 1 is 0.638 bits per heavy atom. The third kappa shape index (κ3) is 8.93. The van der Waals surface area contributed by atoms with Crippen LogP contribution in [0.3, 0.4) is 0 Å². The first-order chi connectivity index (χ1) is 26.5. The Labute approximate surface area is 348 Å². The number of rotatable bonds is 6. The van der Waals surface area contributed by atoms with E-state index in [-0.39, 0.29) is 46.0 Å². The third-order valence-electron chi connectivity index (χ3n) is 11.4. The van der Waals surface area contributed by atoms with Gasteiger partial charge in [0.2, 0.25) is 5.78 Å². The predicted molar refractivity (Wildman–Crippen MR) is 235 cm³/mol. The molecule has 58 heavy (non-hydrogen) atoms. The average molecular weight is 811 g/mol. The summed E-state index contributed by atoms with van der Waals surface area (Å²) < 4.78 is 40.6. The molecule has 3 aliphatic rings. The van der Waals surface area contributed by atoms with Crippen LogP contribution in [0.1, 0.15) is 161 Å². The van der Waals surface area contributed by atoms with E-state index in [0.29, 0.717) is 41.0 Å². The molecule has 0 amide bonds. The Kier molecular flexibility index (Phi) is 11.2. The minimum Gasteiger partial charge on any atom is -0.507 e. The summed E-state index contributed by atoms with van der Waals surface area (Å²) >= 11 is 0. The second-order valence-electron chi connectivity index (χ2n) is 21.5. The summed E-state index contributed by atoms with van der Waals surface area (Å²) in [5, 5.41) is 12.3. The highest BCUT2D eigenvalue weighted by Gasteiger charge is 2.50. The van der Waals surface area contributed by atoms with Crippen LogP contribution in [0.25, 0.3) is 0 Å². The van der Waals surface area contributed by atoms with E-state index >= 15 is 4.79 Å². The molecule has 7 bridgehead atoms. The van der Waals surface area contributed by atoms with Gasteiger partial charge in [0.15, 0.2) is 5.60 Å². The zero-order valence-electron chi connectivity index (χ0n) is 37.9. The van der Waals surface area contributed by atoms with E-state index in [1.165, 1.54) is 0 Å². The summed E-state index contributed by atoms with van der Waals surface area (Å²) in [4.78, 5) is 15.1. The Morgan fingerprint density at radius 3 is 1.53 bits per heavy atom. The molecule has 3 aromatic rings. The molecule has 3 aromatic carbocycles. The van der Waals surface area contributed by atoms with Gasteiger partial charge in [-0.1, -0.05) is 126 Å². The molecule has 0 saturated heterocycles. The van der Waals surface area contributed by atoms with Crippen LogP contribution in [0.2, 0.25) is 0 Å². The van der Waals surface area contributed by atoms with Gasteiger partial charge in [-0.2, -0.15) is 0 Å². The van der Waals surface area contributed by atoms with E-state index in [1.54, 1.807) is 0 Å². The number of allylic oxidation sites excluding steroid dienone is 2. The maximum atomic E-state index is 15.1. The second-order valence-corrected chi connectivity index (χ2v) is 23.0. The van der Waals surface area contributed by atoms with Crippen LogP contribution in [0, 0.1) is 5.41 Å². The lowest BCUT2D eigenvalue weighted by Gasteiger charge is -2.34. The highest BCUT2D eigenvalue weighted by molar-refractivity contribution is 7.49. The highest BCUT2D eigenvalue weighted by atomic mass is 31.2. The molecule has 1 spiro atoms. The summed E-state index contributed by atoms with van der Waals surface area (Å²) in [6, 6.07) is 12.7. The van der Waals surface area contributed by atoms with E-state index in [1.807, 2.05) is 45.9 Å². The van der Waals surface area contributed by atoms with Crippen molar-refractivity contribution >= 4 is 13.6 Å². The average Bonchev–Trinajstić information content (AvgIpc) is 3.42. The van der Waals surface area contributed by atoms with Crippen molar-refractivity contribution in [1.82, 2.24) is 0 Å². The Bertz CT molecular complexity index is 2230. The smallest absolute Gasteiger partial charge is 0.507 e. The number of carbonyl (C=O) groups is 1. The number of phenols is 1. The molecule has 2 aliphatic heterocycles. The standard InChI is InChI=1S/C50H67O7P/c1-29(2)55-58(53,56-30(3)4)57-44-34-17-31-20-38(46(5,6)7)21-32(42(31)51)18-36-25-41(49(14,15)16)28-50(45(36)52)27-37-26-40(48(11,12)13)22-33(43(37)54-50)19-35(44)24-39(23-34)47(8,9)10/h20-26,28-30,51H,17-19,27H2,1-16H3. The van der Waals surface area contributed by atoms with Crippen molar-refractivity contribution in [1.29, 1.82) is 0 Å². The molecule has 1 unspecified atom stereocenters. The first-order valence-electron chi connectivity index (χ1n) is 21.0. The van der Waals surface area contributed by atoms with Gasteiger partial charge >= 0.3 is 7.82 Å². The summed E-state index contributed by atoms with van der Waals surface area (Å²) in [7, 11) is -4.19. The van der Waals surface area contributed by atoms with Crippen molar-refractivity contribution in [2.45, 2.75) is 171 Å². The van der Waals surface area contributed by atoms with Gasteiger partial charge in [-0.25, -0.2) is 4.57 Å². The molecule has 8 heteroatoms. The van der Waals surface area contributed by atoms with E-state index in [4.69, 9.17) is 18.3 Å². The predicted octanol–water partition coefficient (Wildman–Crippen LogP) is 12.5. The lowest BCUT2D eigenvalue weighted by Crippen LogP contribution is -2.45. The van der Waals surface area contributed by atoms with Crippen molar-refractivity contribution in [3.05, 3.63) is 110 Å². The van der Waals surface area contributed by atoms with E-state index in [2.05, 4.69) is 113 Å². The fourth-order valence-electron chi connectivity index (χ4n) is 8.08. The van der Waals surface area contributed by atoms with Crippen molar-refractivity contribution in [2.75, 3.05) is 0 Å². The molecule has 0 fully saturated rings. The minimum absolute atomic E-state index is 0.0887. The number of phenolic OH excluding ortho intramolecular Hbond substituents is 1. The number of benzene rings is 3. The number of Topliss-reactive ketones (excluding diaryl/α,β-unsaturated/α-hetero) is 1. The minimum atomic E-state index is -4.19. The molecule has 7 nitrogen and oxygen atoms in total. The van der Waals surface area contributed by atoms with E-state index < -0.39 is 25.6 Å². The highest BCUT2D eigenvalue weighted by Crippen LogP contribution is 2.55. The van der Waals surface area contributed by atoms with Crippen LogP contribution >= 0.6 is 7.82 Å². The molecule has 6 rings (SSSR count). The van der Waals surface area contributed by atoms with Crippen molar-refractivity contribution < 1.29 is 32.8 Å². The maximum Gasteiger partial charge on any atom is 0.530 e. The summed E-state index contributed by atoms with van der Waals surface area (Å²) in [5.74, 6) is 1.12. The number of ketones is 1. The molecule has 1 aliphatic carbocycles. The zero-order chi connectivity index (χ0) is 43.1. The normalized spacial score (nSPS) is 18.8. The second kappa shape index (κ2) is 14.8. The van der Waals surface area contributed by atoms with Gasteiger partial charge in [0.05, 0.1) is 12.2 Å². The van der Waals surface area contributed by atoms with Gasteiger partial charge < -0.3 is 14.4 Å². The molecule has 0 saturated carbocycles. The quantitative estimate of drug-likeness (QED) is 0.248. The fourth-order valence-corrected chi connectivity index (χ4v) is 9.71. The number of aromatic hydroxyl groups is 1. The number of carbonyl (C=O) groups excluding carboxylic acids is 1. The fraction of sp³-hybridized carbons (Fsp3) is 0.540. The first kappa shape index (κ1) is 43.9. The number of hydrogen-bond acceptors (Lipinski definition) is 7. The molecule has 314 valence electrons. The lowest BCUT2D eigenvalue weighted by atomic mass is 9.73. The Morgan fingerprint density at radius 2 is 1.07 bits per heavy atom. The molecule has 1 N–H and O–H groups in total. The Hall–Kier alpha value is -3.64. The van der Waals surface area contributed by atoms with E-state index in [9.17, 15) is 9.67 Å². The van der Waals surface area contributed by atoms with Crippen LogP contribution in [0.4, 0.5) is 0 Å². The van der Waals surface area contributed by atoms with Crippen LogP contribution in [0.15, 0.2) is 59.7 Å². The number of phosphoric acid groups is 1. The summed E-state index contributed by atoms with van der Waals surface area (Å²) in [6.45, 7) is 33.3. The van der Waals surface area contributed by atoms with Gasteiger partial charge in [-0.15, -0.1) is 0 Å². The van der Waals surface area contributed by atoms with Crippen LogP contribution < -0.4 is 9.26 Å². The van der Waals surface area contributed by atoms with Crippen LogP contribution in [0.5, 0.6) is 17.2 Å². The van der Waals surface area contributed by atoms with Gasteiger partial charge in [0.1, 0.15) is 17.2 Å². The zero-order valence-corrected chi connectivity index (χ0v) is 38.8. The molecule has 2 heterocycles. The summed E-state index contributed by atoms with van der Waals surface area (Å²) in [5.41, 5.74) is 7.30. The molecule has 0 aromatic heterocycles. The van der Waals surface area contributed by atoms with Crippen LogP contribution in [-0.2, 0) is 60.3 Å². The topological polar surface area (TPSA) is 91.3 Å². The third-order valence-corrected chi connectivity index (χ3v) is 13.1. The van der Waals surface area contributed by atoms with E-state index in [0.717, 1.165) is 44.5 Å². The largest absolute Gasteiger partial charge is 0.530 e. The van der Waals surface area contributed by atoms with Crippen molar-refractivity contribution in [3.63, 3.8) is 0 Å². The number of hydrogen-bond donors (Lipinski definition) is 1. The van der Waals surface area contributed by atoms with Gasteiger partial charge in [0, 0.05) is 31.3 Å². The number of phosphoric ester groups is 1. The number of ether oxygens (including phenoxy) is 1. The molecular formula is C50H67O7P. The molecular weight excluding hydrogens is 744 g/mol. The number of fused-ring (bicyclic) bond motifs is 5. The SMILES string of the molecule is CC(C)OP(=O)(Oc1c2cc(C(C)(C)C)cc1Cc1cc(C(C)(C)C)cc3c1OC1(C=C(C(C)(C)C)C=C(Cc4cc(C(C)(C)C)cc(c4O)C2)C1=O)C3)OC(C)C. The van der Waals surface area contributed by atoms with Gasteiger partial charge in [0.25, 0.3) is 0 Å². The summed E-state index contributed by atoms with van der Waals surface area (Å²) in [6.07, 6.45) is 4.39. The van der Waals surface area contributed by atoms with Gasteiger partial charge in [-0.3, -0.25) is 13.8 Å². The molecule has 1 atom stereocenters.